The molecule has 162 valence electrons. The van der Waals surface area contributed by atoms with Gasteiger partial charge in [0.25, 0.3) is 0 Å². The van der Waals surface area contributed by atoms with E-state index >= 15 is 0 Å². The first kappa shape index (κ1) is 22.2. The molecule has 0 radical (unpaired) electrons. The van der Waals surface area contributed by atoms with Crippen LogP contribution in [-0.4, -0.2) is 20.4 Å². The van der Waals surface area contributed by atoms with Crippen LogP contribution in [0, 0.1) is 5.82 Å². The fourth-order valence-corrected chi connectivity index (χ4v) is 4.66. The van der Waals surface area contributed by atoms with Crippen molar-refractivity contribution in [1.29, 1.82) is 0 Å². The molecule has 0 spiro atoms. The Labute approximate surface area is 177 Å². The van der Waals surface area contributed by atoms with Crippen LogP contribution in [0.25, 0.3) is 0 Å². The minimum Gasteiger partial charge on any atom is -0.370 e. The highest BCUT2D eigenvalue weighted by molar-refractivity contribution is 7.89. The highest BCUT2D eigenvalue weighted by Gasteiger charge is 2.15. The van der Waals surface area contributed by atoms with Crippen molar-refractivity contribution in [3.05, 3.63) is 65.5 Å². The average Bonchev–Trinajstić information content (AvgIpc) is 3.00. The maximum Gasteiger partial charge on any atom is 0.240 e. The Kier molecular flexibility index (Phi) is 7.81. The molecule has 0 amide bonds. The molecule has 0 unspecified atom stereocenters. The summed E-state index contributed by atoms with van der Waals surface area (Å²) in [6, 6.07) is 12.8. The molecule has 0 bridgehead atoms. The summed E-state index contributed by atoms with van der Waals surface area (Å²) in [5, 5.41) is 3.28. The van der Waals surface area contributed by atoms with Crippen LogP contribution < -0.4 is 15.8 Å². The topological polar surface area (TPSA) is 96.6 Å². The van der Waals surface area contributed by atoms with Crippen molar-refractivity contribution in [3.8, 4) is 0 Å². The van der Waals surface area contributed by atoms with Gasteiger partial charge in [-0.3, -0.25) is 0 Å². The second kappa shape index (κ2) is 10.5. The molecule has 0 aromatic heterocycles. The number of sulfonamides is 1. The molecule has 1 aliphatic carbocycles. The molecule has 1 saturated carbocycles. The van der Waals surface area contributed by atoms with Crippen molar-refractivity contribution in [1.82, 2.24) is 10.0 Å². The molecular weight excluding hydrogens is 403 g/mol. The fourth-order valence-electron chi connectivity index (χ4n) is 3.57. The summed E-state index contributed by atoms with van der Waals surface area (Å²) >= 11 is 0. The van der Waals surface area contributed by atoms with Gasteiger partial charge in [0.15, 0.2) is 5.96 Å². The van der Waals surface area contributed by atoms with E-state index in [0.29, 0.717) is 24.1 Å². The molecule has 3 rings (SSSR count). The number of nitrogens with zero attached hydrogens (tertiary/aromatic N) is 1. The summed E-state index contributed by atoms with van der Waals surface area (Å²) in [6.07, 6.45) is 7.14. The van der Waals surface area contributed by atoms with Gasteiger partial charge in [-0.1, -0.05) is 49.9 Å². The van der Waals surface area contributed by atoms with Gasteiger partial charge in [-0.2, -0.15) is 0 Å². The van der Waals surface area contributed by atoms with Gasteiger partial charge in [-0.15, -0.1) is 0 Å². The van der Waals surface area contributed by atoms with Gasteiger partial charge < -0.3 is 11.1 Å². The van der Waals surface area contributed by atoms with Crippen LogP contribution in [0.4, 0.5) is 4.39 Å². The summed E-state index contributed by atoms with van der Waals surface area (Å²) in [6.45, 7) is 0.305. The number of guanidine groups is 1. The van der Waals surface area contributed by atoms with Crippen LogP contribution in [0.1, 0.15) is 49.7 Å². The smallest absolute Gasteiger partial charge is 0.240 e. The molecule has 2 aromatic carbocycles. The standard InChI is InChI=1S/C22H29FN4O2S/c23-19-9-5-7-17(13-19)16-26-30(28,29)21-12-6-8-18(14-21)15-25-22(24)27-20-10-3-1-2-4-11-20/h5-9,12-14,20,26H,1-4,10-11,15-16H2,(H3,24,25,27). The van der Waals surface area contributed by atoms with Gasteiger partial charge in [0.05, 0.1) is 11.4 Å². The maximum atomic E-state index is 13.3. The Bertz CT molecular complexity index is 971. The van der Waals surface area contributed by atoms with Gasteiger partial charge in [0, 0.05) is 12.6 Å². The molecule has 0 saturated heterocycles. The largest absolute Gasteiger partial charge is 0.370 e. The van der Waals surface area contributed by atoms with E-state index in [1.54, 1.807) is 24.3 Å². The normalized spacial score (nSPS) is 16.2. The van der Waals surface area contributed by atoms with Crippen molar-refractivity contribution in [3.63, 3.8) is 0 Å². The lowest BCUT2D eigenvalue weighted by Crippen LogP contribution is -2.39. The first-order valence-electron chi connectivity index (χ1n) is 10.3. The number of hydrogen-bond acceptors (Lipinski definition) is 3. The average molecular weight is 433 g/mol. The van der Waals surface area contributed by atoms with E-state index in [4.69, 9.17) is 5.73 Å². The van der Waals surface area contributed by atoms with Crippen LogP contribution in [0.2, 0.25) is 0 Å². The lowest BCUT2D eigenvalue weighted by Gasteiger charge is -2.16. The number of nitrogens with two attached hydrogens (primary N) is 1. The van der Waals surface area contributed by atoms with E-state index in [1.165, 1.54) is 43.9 Å². The molecule has 0 atom stereocenters. The summed E-state index contributed by atoms with van der Waals surface area (Å²) in [5.41, 5.74) is 7.33. The molecule has 0 aliphatic heterocycles. The highest BCUT2D eigenvalue weighted by atomic mass is 32.2. The Morgan fingerprint density at radius 2 is 1.73 bits per heavy atom. The second-order valence-corrected chi connectivity index (χ2v) is 9.40. The lowest BCUT2D eigenvalue weighted by atomic mass is 10.1. The molecule has 6 nitrogen and oxygen atoms in total. The maximum absolute atomic E-state index is 13.3. The number of aliphatic imine (C=N–C) groups is 1. The minimum atomic E-state index is -3.73. The quantitative estimate of drug-likeness (QED) is 0.355. The van der Waals surface area contributed by atoms with E-state index in [9.17, 15) is 12.8 Å². The molecule has 1 fully saturated rings. The van der Waals surface area contributed by atoms with Crippen molar-refractivity contribution < 1.29 is 12.8 Å². The zero-order valence-corrected chi connectivity index (χ0v) is 17.8. The molecule has 2 aromatic rings. The number of benzene rings is 2. The number of nitrogens with one attached hydrogen (secondary N) is 2. The van der Waals surface area contributed by atoms with E-state index in [2.05, 4.69) is 15.0 Å². The van der Waals surface area contributed by atoms with E-state index in [0.717, 1.165) is 18.4 Å². The predicted octanol–water partition coefficient (Wildman–Crippen LogP) is 3.43. The predicted molar refractivity (Wildman–Crippen MR) is 117 cm³/mol. The Hall–Kier alpha value is -2.45. The van der Waals surface area contributed by atoms with Crippen molar-refractivity contribution in [2.24, 2.45) is 10.7 Å². The molecule has 1 aliphatic rings. The Morgan fingerprint density at radius 3 is 2.47 bits per heavy atom. The van der Waals surface area contributed by atoms with E-state index in [-0.39, 0.29) is 11.4 Å². The first-order valence-corrected chi connectivity index (χ1v) is 11.8. The third-order valence-electron chi connectivity index (χ3n) is 5.20. The van der Waals surface area contributed by atoms with Crippen LogP contribution in [0.15, 0.2) is 58.4 Å². The van der Waals surface area contributed by atoms with Gasteiger partial charge in [0.2, 0.25) is 10.0 Å². The zero-order valence-electron chi connectivity index (χ0n) is 17.0. The molecular formula is C22H29FN4O2S. The van der Waals surface area contributed by atoms with Crippen molar-refractivity contribution >= 4 is 16.0 Å². The van der Waals surface area contributed by atoms with Gasteiger partial charge in [-0.05, 0) is 48.2 Å². The van der Waals surface area contributed by atoms with E-state index in [1.807, 2.05) is 6.07 Å². The first-order chi connectivity index (χ1) is 14.4. The Morgan fingerprint density at radius 1 is 1.03 bits per heavy atom. The molecule has 4 N–H and O–H groups in total. The summed E-state index contributed by atoms with van der Waals surface area (Å²) < 4.78 is 41.0. The van der Waals surface area contributed by atoms with Gasteiger partial charge in [-0.25, -0.2) is 22.5 Å². The zero-order chi connectivity index (χ0) is 21.4. The van der Waals surface area contributed by atoms with Crippen LogP contribution >= 0.6 is 0 Å². The molecule has 30 heavy (non-hydrogen) atoms. The number of rotatable bonds is 7. The lowest BCUT2D eigenvalue weighted by molar-refractivity contribution is 0.530. The van der Waals surface area contributed by atoms with Crippen LogP contribution in [0.3, 0.4) is 0 Å². The third-order valence-corrected chi connectivity index (χ3v) is 6.60. The fraction of sp³-hybridized carbons (Fsp3) is 0.409. The highest BCUT2D eigenvalue weighted by Crippen LogP contribution is 2.17. The number of halogens is 1. The third kappa shape index (κ3) is 6.81. The van der Waals surface area contributed by atoms with Crippen molar-refractivity contribution in [2.45, 2.75) is 62.6 Å². The van der Waals surface area contributed by atoms with Crippen molar-refractivity contribution in [2.75, 3.05) is 0 Å². The van der Waals surface area contributed by atoms with Crippen LogP contribution in [0.5, 0.6) is 0 Å². The summed E-state index contributed by atoms with van der Waals surface area (Å²) in [5.74, 6) is -0.0130. The SMILES string of the molecule is NC(=NCc1cccc(S(=O)(=O)NCc2cccc(F)c2)c1)NC1CCCCCC1. The molecule has 8 heteroatoms. The minimum absolute atomic E-state index is 0.0146. The molecule has 0 heterocycles. The van der Waals surface area contributed by atoms with Gasteiger partial charge >= 0.3 is 0 Å². The number of hydrogen-bond donors (Lipinski definition) is 3. The monoisotopic (exact) mass is 432 g/mol. The van der Waals surface area contributed by atoms with Crippen LogP contribution in [-0.2, 0) is 23.1 Å². The van der Waals surface area contributed by atoms with E-state index < -0.39 is 15.8 Å². The summed E-state index contributed by atoms with van der Waals surface area (Å²) in [4.78, 5) is 4.51. The Balaban J connectivity index is 1.60. The summed E-state index contributed by atoms with van der Waals surface area (Å²) in [7, 11) is -3.73. The van der Waals surface area contributed by atoms with Gasteiger partial charge in [0.1, 0.15) is 5.82 Å². The second-order valence-electron chi connectivity index (χ2n) is 7.64.